The van der Waals surface area contributed by atoms with Gasteiger partial charge in [-0.1, -0.05) is 6.37 Å². The quantitative estimate of drug-likeness (QED) is 0.467. The molecular weight excluding hydrogens is 74.1 g/mol. The van der Waals surface area contributed by atoms with Gasteiger partial charge in [-0.2, -0.15) is 0 Å². The van der Waals surface area contributed by atoms with Crippen molar-refractivity contribution in [3.63, 3.8) is 0 Å². The molecule has 0 radical (unpaired) electrons. The zero-order valence-electron chi connectivity index (χ0n) is 12.1. The largest absolute Gasteiger partial charge is 0.317 e. The predicted octanol–water partition coefficient (Wildman–Crippen LogP) is 0.760. The molecule has 2 unspecified atom stereocenters. The van der Waals surface area contributed by atoms with Crippen LogP contribution in [0.15, 0.2) is 0 Å². The fourth-order valence-electron chi connectivity index (χ4n) is 0.218. The second-order valence-corrected chi connectivity index (χ2v) is 0.826. The summed E-state index contributed by atoms with van der Waals surface area (Å²) in [6, 6.07) is 0. The van der Waals surface area contributed by atoms with Crippen molar-refractivity contribution in [1.82, 2.24) is 5.31 Å². The third-order valence-corrected chi connectivity index (χ3v) is 0.425. The van der Waals surface area contributed by atoms with E-state index in [9.17, 15) is 0 Å². The Kier molecular flexibility index (Phi) is 0.239. The molecule has 0 amide bonds. The summed E-state index contributed by atoms with van der Waals surface area (Å²) in [4.78, 5) is 0. The molecule has 1 heterocycles. The molecule has 1 nitrogen and oxygen atoms in total. The van der Waals surface area contributed by atoms with E-state index in [4.69, 9.17) is 12.4 Å². The molecular formula is C5H11N. The molecule has 1 aliphatic heterocycles. The minimum absolute atomic E-state index is 0.00595. The molecule has 1 fully saturated rings. The van der Waals surface area contributed by atoms with Crippen molar-refractivity contribution in [1.29, 1.82) is 0 Å². The van der Waals surface area contributed by atoms with Gasteiger partial charge in [-0.3, -0.25) is 0 Å². The van der Waals surface area contributed by atoms with Crippen molar-refractivity contribution < 1.29 is 12.4 Å². The van der Waals surface area contributed by atoms with Gasteiger partial charge in [0.1, 0.15) is 1.41 Å². The third kappa shape index (κ3) is 0.977. The monoisotopic (exact) mass is 94.1 g/mol. The maximum absolute atomic E-state index is 7.35. The lowest BCUT2D eigenvalue weighted by molar-refractivity contribution is 0.520. The van der Waals surface area contributed by atoms with Gasteiger partial charge in [0.25, 0.3) is 0 Å². The number of nitrogens with one attached hydrogen (secondary N) is 1. The molecule has 0 aromatic heterocycles. The van der Waals surface area contributed by atoms with Crippen LogP contribution in [0.2, 0.25) is 1.41 Å². The van der Waals surface area contributed by atoms with Crippen molar-refractivity contribution in [2.75, 3.05) is 13.0 Å². The van der Waals surface area contributed by atoms with Crippen LogP contribution in [0.25, 0.3) is 0 Å². The van der Waals surface area contributed by atoms with Crippen molar-refractivity contribution in [2.45, 2.75) is 19.1 Å². The number of hydrogen-bond acceptors (Lipinski definition) is 1. The fraction of sp³-hybridized carbons (Fsp3) is 1.00. The van der Waals surface area contributed by atoms with E-state index >= 15 is 0 Å². The summed E-state index contributed by atoms with van der Waals surface area (Å²) >= 11 is 0. The Morgan fingerprint density at radius 3 is 3.67 bits per heavy atom. The van der Waals surface area contributed by atoms with Crippen LogP contribution in [-0.4, -0.2) is 13.0 Å². The highest BCUT2D eigenvalue weighted by atomic mass is 14.9. The Balaban J connectivity index is 3.27. The summed E-state index contributed by atoms with van der Waals surface area (Å²) < 4.78 is 65.7. The Morgan fingerprint density at radius 2 is 2.67 bits per heavy atom. The van der Waals surface area contributed by atoms with Crippen molar-refractivity contribution in [3.8, 4) is 0 Å². The van der Waals surface area contributed by atoms with Gasteiger partial charge in [0.2, 0.25) is 0 Å². The summed E-state index contributed by atoms with van der Waals surface area (Å²) in [5.41, 5.74) is 0. The second kappa shape index (κ2) is 2.19. The van der Waals surface area contributed by atoms with Crippen molar-refractivity contribution in [2.24, 2.45) is 0 Å². The van der Waals surface area contributed by atoms with E-state index in [0.29, 0.717) is 0 Å². The van der Waals surface area contributed by atoms with Crippen LogP contribution < -0.4 is 5.31 Å². The summed E-state index contributed by atoms with van der Waals surface area (Å²) in [6.45, 7) is -4.68. The van der Waals surface area contributed by atoms with Crippen LogP contribution in [0.1, 0.15) is 30.1 Å². The van der Waals surface area contributed by atoms with E-state index in [1.807, 2.05) is 0 Å². The zero-order valence-corrected chi connectivity index (χ0v) is 3.10. The predicted molar refractivity (Wildman–Crippen MR) is 26.7 cm³/mol. The van der Waals surface area contributed by atoms with E-state index in [2.05, 4.69) is 0 Å². The van der Waals surface area contributed by atoms with E-state index < -0.39 is 32.2 Å². The van der Waals surface area contributed by atoms with Gasteiger partial charge < -0.3 is 5.31 Å². The number of rotatable bonds is 0. The molecule has 1 heteroatoms. The molecule has 0 aliphatic carbocycles. The molecule has 36 valence electrons. The lowest BCUT2D eigenvalue weighted by Crippen LogP contribution is -2.21. The topological polar surface area (TPSA) is 12.0 Å². The molecule has 2 atom stereocenters. The van der Waals surface area contributed by atoms with Crippen LogP contribution in [0.5, 0.6) is 0 Å². The normalized spacial score (nSPS) is 99.0. The highest BCUT2D eigenvalue weighted by molar-refractivity contribution is 4.55. The molecule has 0 aromatic carbocycles. The van der Waals surface area contributed by atoms with Gasteiger partial charge >= 0.3 is 0 Å². The standard InChI is InChI=1S/C5H11N/c1-2-4-6-5-3-1/h6H,1-5H2/i1D2,2D,3D2,4D,5D2/hD. The van der Waals surface area contributed by atoms with E-state index in [0.717, 1.165) is 0 Å². The van der Waals surface area contributed by atoms with Crippen LogP contribution in [0.3, 0.4) is 0 Å². The minimum Gasteiger partial charge on any atom is -0.317 e. The molecule has 0 aromatic rings. The first-order chi connectivity index (χ1) is 6.48. The van der Waals surface area contributed by atoms with Crippen molar-refractivity contribution >= 4 is 0 Å². The van der Waals surface area contributed by atoms with Crippen LogP contribution in [0, 0.1) is 0 Å². The molecule has 1 rings (SSSR count). The summed E-state index contributed by atoms with van der Waals surface area (Å²) in [5.74, 6) is 0. The van der Waals surface area contributed by atoms with Gasteiger partial charge in [0, 0.05) is 11.0 Å². The SMILES string of the molecule is [2H]C1C([2H])C([2H])([2H])C([2H])([2H])C([2H])([2H])N1[2H]. The Bertz CT molecular complexity index is 239. The van der Waals surface area contributed by atoms with E-state index in [1.165, 1.54) is 0 Å². The summed E-state index contributed by atoms with van der Waals surface area (Å²) in [5, 5.41) is 0.00595. The van der Waals surface area contributed by atoms with E-state index in [1.54, 1.807) is 0 Å². The number of piperidine rings is 1. The highest BCUT2D eigenvalue weighted by Gasteiger charge is 1.93. The smallest absolute Gasteiger partial charge is 0.122 e. The Hall–Kier alpha value is -0.0400. The molecule has 1 aliphatic rings. The van der Waals surface area contributed by atoms with Crippen molar-refractivity contribution in [3.05, 3.63) is 0 Å². The zero-order chi connectivity index (χ0) is 12.2. The Morgan fingerprint density at radius 1 is 1.67 bits per heavy atom. The lowest BCUT2D eigenvalue weighted by atomic mass is 10.2. The first-order valence-corrected chi connectivity index (χ1v) is 1.60. The van der Waals surface area contributed by atoms with Gasteiger partial charge in [0.15, 0.2) is 0 Å². The molecule has 0 saturated carbocycles. The first kappa shape index (κ1) is 0.655. The average Bonchev–Trinajstić information content (AvgIpc) is 2.12. The van der Waals surface area contributed by atoms with E-state index in [-0.39, 0.29) is 5.31 Å². The second-order valence-electron chi connectivity index (χ2n) is 0.826. The van der Waals surface area contributed by atoms with Crippen LogP contribution >= 0.6 is 0 Å². The minimum atomic E-state index is -3.01. The van der Waals surface area contributed by atoms with Crippen LogP contribution in [-0.2, 0) is 0 Å². The average molecular weight is 94.2 g/mol. The molecule has 6 heavy (non-hydrogen) atoms. The molecule has 0 spiro atoms. The van der Waals surface area contributed by atoms with Gasteiger partial charge in [-0.25, -0.2) is 0 Å². The Labute approximate surface area is 51.4 Å². The lowest BCUT2D eigenvalue weighted by Gasteiger charge is -2.08. The molecule has 1 saturated heterocycles. The fourth-order valence-corrected chi connectivity index (χ4v) is 0.218. The van der Waals surface area contributed by atoms with Gasteiger partial charge in [-0.15, -0.1) is 0 Å². The molecule has 0 bridgehead atoms. The van der Waals surface area contributed by atoms with Gasteiger partial charge in [-0.05, 0) is 25.8 Å². The maximum Gasteiger partial charge on any atom is 0.122 e. The first-order valence-electron chi connectivity index (χ1n) is 6.21. The molecule has 1 N–H and O–H groups in total. The van der Waals surface area contributed by atoms with Crippen LogP contribution in [0.4, 0.5) is 0 Å². The summed E-state index contributed by atoms with van der Waals surface area (Å²) in [7, 11) is 0. The number of hydrogen-bond donors (Lipinski definition) is 1. The summed E-state index contributed by atoms with van der Waals surface area (Å²) in [6.07, 6.45) is -7.64. The maximum atomic E-state index is 7.35. The third-order valence-electron chi connectivity index (χ3n) is 0.425. The van der Waals surface area contributed by atoms with Gasteiger partial charge in [0.05, 0.1) is 0 Å². The highest BCUT2D eigenvalue weighted by Crippen LogP contribution is 1.96.